The quantitative estimate of drug-likeness (QED) is 0.868. The smallest absolute Gasteiger partial charge is 0.0827 e. The number of aryl methyl sites for hydroxylation is 2. The Morgan fingerprint density at radius 3 is 3.21 bits per heavy atom. The normalized spacial score (nSPS) is 27.7. The third-order valence-corrected chi connectivity index (χ3v) is 4.24. The van der Waals surface area contributed by atoms with E-state index in [2.05, 4.69) is 21.4 Å². The van der Waals surface area contributed by atoms with E-state index in [9.17, 15) is 0 Å². The number of nitrogens with zero attached hydrogens (tertiary/aromatic N) is 3. The molecule has 106 valence electrons. The van der Waals surface area contributed by atoms with Crippen molar-refractivity contribution in [3.05, 3.63) is 17.5 Å². The lowest BCUT2D eigenvalue weighted by molar-refractivity contribution is -0.0470. The number of nitrogens with one attached hydrogen (secondary N) is 1. The van der Waals surface area contributed by atoms with Gasteiger partial charge in [-0.3, -0.25) is 9.58 Å². The highest BCUT2D eigenvalue weighted by molar-refractivity contribution is 5.08. The van der Waals surface area contributed by atoms with Crippen LogP contribution in [0.25, 0.3) is 0 Å². The Bertz CT molecular complexity index is 431. The molecule has 2 aliphatic rings. The van der Waals surface area contributed by atoms with Crippen LogP contribution in [0.4, 0.5) is 0 Å². The van der Waals surface area contributed by atoms with Crippen LogP contribution < -0.4 is 5.32 Å². The summed E-state index contributed by atoms with van der Waals surface area (Å²) in [6.45, 7) is 7.07. The minimum absolute atomic E-state index is 0.337. The monoisotopic (exact) mass is 264 g/mol. The van der Waals surface area contributed by atoms with Crippen LogP contribution in [0.3, 0.4) is 0 Å². The van der Waals surface area contributed by atoms with Crippen LogP contribution >= 0.6 is 0 Å². The van der Waals surface area contributed by atoms with Gasteiger partial charge < -0.3 is 10.1 Å². The highest BCUT2D eigenvalue weighted by Gasteiger charge is 2.31. The first-order valence-electron chi connectivity index (χ1n) is 7.28. The number of hydrogen-bond acceptors (Lipinski definition) is 4. The molecule has 2 saturated heterocycles. The lowest BCUT2D eigenvalue weighted by Crippen LogP contribution is -2.49. The summed E-state index contributed by atoms with van der Waals surface area (Å²) >= 11 is 0. The van der Waals surface area contributed by atoms with Gasteiger partial charge in [-0.1, -0.05) is 0 Å². The lowest BCUT2D eigenvalue weighted by Gasteiger charge is -2.35. The van der Waals surface area contributed by atoms with E-state index in [0.717, 1.165) is 31.9 Å². The fourth-order valence-electron chi connectivity index (χ4n) is 3.20. The van der Waals surface area contributed by atoms with Gasteiger partial charge in [-0.15, -0.1) is 0 Å². The number of morpholine rings is 1. The Morgan fingerprint density at radius 1 is 1.53 bits per heavy atom. The Balaban J connectivity index is 1.44. The SMILES string of the molecule is Cc1cc(CNCC2CN3CCCC3CO2)n(C)n1. The number of aromatic nitrogens is 2. The van der Waals surface area contributed by atoms with E-state index in [4.69, 9.17) is 4.74 Å². The van der Waals surface area contributed by atoms with Crippen molar-refractivity contribution >= 4 is 0 Å². The number of hydrogen-bond donors (Lipinski definition) is 1. The predicted molar refractivity (Wildman–Crippen MR) is 74.0 cm³/mol. The van der Waals surface area contributed by atoms with E-state index in [0.29, 0.717) is 12.1 Å². The average molecular weight is 264 g/mol. The van der Waals surface area contributed by atoms with Gasteiger partial charge in [0.25, 0.3) is 0 Å². The number of rotatable bonds is 4. The zero-order chi connectivity index (χ0) is 13.2. The second-order valence-electron chi connectivity index (χ2n) is 5.78. The lowest BCUT2D eigenvalue weighted by atomic mass is 10.2. The third kappa shape index (κ3) is 2.99. The van der Waals surface area contributed by atoms with E-state index in [1.807, 2.05) is 18.7 Å². The van der Waals surface area contributed by atoms with E-state index in [1.54, 1.807) is 0 Å². The molecular formula is C14H24N4O. The van der Waals surface area contributed by atoms with Crippen molar-refractivity contribution in [2.24, 2.45) is 7.05 Å². The summed E-state index contributed by atoms with van der Waals surface area (Å²) in [6.07, 6.45) is 2.99. The van der Waals surface area contributed by atoms with Crippen molar-refractivity contribution in [2.75, 3.05) is 26.2 Å². The van der Waals surface area contributed by atoms with Crippen LogP contribution in [0.15, 0.2) is 6.07 Å². The fraction of sp³-hybridized carbons (Fsp3) is 0.786. The molecule has 0 bridgehead atoms. The second-order valence-corrected chi connectivity index (χ2v) is 5.78. The molecule has 5 nitrogen and oxygen atoms in total. The topological polar surface area (TPSA) is 42.3 Å². The van der Waals surface area contributed by atoms with E-state index in [1.165, 1.54) is 25.1 Å². The van der Waals surface area contributed by atoms with Crippen LogP contribution in [0.1, 0.15) is 24.2 Å². The standard InChI is InChI=1S/C14H24N4O/c1-11-6-13(17(2)16-11)7-15-8-14-9-18-5-3-4-12(18)10-19-14/h6,12,14-15H,3-5,7-10H2,1-2H3. The molecule has 2 fully saturated rings. The molecular weight excluding hydrogens is 240 g/mol. The molecule has 3 heterocycles. The minimum Gasteiger partial charge on any atom is -0.374 e. The summed E-state index contributed by atoms with van der Waals surface area (Å²) in [6, 6.07) is 2.82. The van der Waals surface area contributed by atoms with Gasteiger partial charge in [0.1, 0.15) is 0 Å². The van der Waals surface area contributed by atoms with Crippen LogP contribution in [0.2, 0.25) is 0 Å². The van der Waals surface area contributed by atoms with Gasteiger partial charge in [0.2, 0.25) is 0 Å². The van der Waals surface area contributed by atoms with Crippen LogP contribution in [0, 0.1) is 6.92 Å². The van der Waals surface area contributed by atoms with Crippen molar-refractivity contribution in [1.82, 2.24) is 20.0 Å². The molecule has 0 radical (unpaired) electrons. The highest BCUT2D eigenvalue weighted by Crippen LogP contribution is 2.22. The van der Waals surface area contributed by atoms with Crippen molar-refractivity contribution in [2.45, 2.75) is 38.5 Å². The predicted octanol–water partition coefficient (Wildman–Crippen LogP) is 0.681. The van der Waals surface area contributed by atoms with Crippen LogP contribution in [0.5, 0.6) is 0 Å². The van der Waals surface area contributed by atoms with E-state index in [-0.39, 0.29) is 0 Å². The zero-order valence-electron chi connectivity index (χ0n) is 11.9. The molecule has 2 atom stereocenters. The van der Waals surface area contributed by atoms with Crippen molar-refractivity contribution < 1.29 is 4.74 Å². The maximum absolute atomic E-state index is 5.94. The Kier molecular flexibility index (Phi) is 3.86. The van der Waals surface area contributed by atoms with Crippen LogP contribution in [-0.4, -0.2) is 53.1 Å². The van der Waals surface area contributed by atoms with Gasteiger partial charge in [0, 0.05) is 32.7 Å². The first-order chi connectivity index (χ1) is 9.22. The zero-order valence-corrected chi connectivity index (χ0v) is 11.9. The average Bonchev–Trinajstić information content (AvgIpc) is 2.96. The number of fused-ring (bicyclic) bond motifs is 1. The molecule has 0 saturated carbocycles. The maximum Gasteiger partial charge on any atom is 0.0827 e. The van der Waals surface area contributed by atoms with Gasteiger partial charge >= 0.3 is 0 Å². The molecule has 3 rings (SSSR count). The third-order valence-electron chi connectivity index (χ3n) is 4.24. The summed E-state index contributed by atoms with van der Waals surface area (Å²) < 4.78 is 7.88. The molecule has 0 spiro atoms. The second kappa shape index (κ2) is 5.61. The summed E-state index contributed by atoms with van der Waals surface area (Å²) in [4.78, 5) is 2.59. The summed E-state index contributed by atoms with van der Waals surface area (Å²) in [5, 5.41) is 7.85. The van der Waals surface area contributed by atoms with Crippen LogP contribution in [-0.2, 0) is 18.3 Å². The molecule has 0 amide bonds. The van der Waals surface area contributed by atoms with E-state index >= 15 is 0 Å². The first-order valence-corrected chi connectivity index (χ1v) is 7.28. The van der Waals surface area contributed by atoms with Gasteiger partial charge in [-0.05, 0) is 32.4 Å². The van der Waals surface area contributed by atoms with Crippen molar-refractivity contribution in [3.8, 4) is 0 Å². The molecule has 19 heavy (non-hydrogen) atoms. The largest absolute Gasteiger partial charge is 0.374 e. The molecule has 5 heteroatoms. The molecule has 0 aliphatic carbocycles. The molecule has 0 aromatic carbocycles. The molecule has 2 aliphatic heterocycles. The molecule has 1 aromatic heterocycles. The van der Waals surface area contributed by atoms with Gasteiger partial charge in [0.05, 0.1) is 24.1 Å². The first kappa shape index (κ1) is 13.1. The fourth-order valence-corrected chi connectivity index (χ4v) is 3.20. The molecule has 1 aromatic rings. The van der Waals surface area contributed by atoms with Gasteiger partial charge in [-0.2, -0.15) is 5.10 Å². The highest BCUT2D eigenvalue weighted by atomic mass is 16.5. The van der Waals surface area contributed by atoms with Crippen molar-refractivity contribution in [3.63, 3.8) is 0 Å². The van der Waals surface area contributed by atoms with E-state index < -0.39 is 0 Å². The molecule has 1 N–H and O–H groups in total. The van der Waals surface area contributed by atoms with Gasteiger partial charge in [0.15, 0.2) is 0 Å². The Hall–Kier alpha value is -0.910. The summed E-state index contributed by atoms with van der Waals surface area (Å²) in [5.74, 6) is 0. The Labute approximate surface area is 114 Å². The van der Waals surface area contributed by atoms with Gasteiger partial charge in [-0.25, -0.2) is 0 Å². The Morgan fingerprint density at radius 2 is 2.42 bits per heavy atom. The minimum atomic E-state index is 0.337. The maximum atomic E-state index is 5.94. The summed E-state index contributed by atoms with van der Waals surface area (Å²) in [5.41, 5.74) is 2.31. The number of ether oxygens (including phenoxy) is 1. The van der Waals surface area contributed by atoms with Crippen molar-refractivity contribution in [1.29, 1.82) is 0 Å². The molecule has 2 unspecified atom stereocenters. The summed E-state index contributed by atoms with van der Waals surface area (Å²) in [7, 11) is 2.00.